The van der Waals surface area contributed by atoms with Crippen LogP contribution >= 0.6 is 11.6 Å². The Bertz CT molecular complexity index is 258. The van der Waals surface area contributed by atoms with Gasteiger partial charge >= 0.3 is 6.18 Å². The predicted octanol–water partition coefficient (Wildman–Crippen LogP) is 1.58. The molecule has 1 radical (unpaired) electrons. The van der Waals surface area contributed by atoms with Gasteiger partial charge in [0.15, 0.2) is 5.71 Å². The van der Waals surface area contributed by atoms with E-state index in [-0.39, 0.29) is 5.88 Å². The van der Waals surface area contributed by atoms with E-state index in [1.54, 1.807) is 0 Å². The lowest BCUT2D eigenvalue weighted by atomic mass is 10.3. The first-order valence-corrected chi connectivity index (χ1v) is 3.14. The van der Waals surface area contributed by atoms with Crippen LogP contribution < -0.4 is 5.43 Å². The number of methoxy groups -OCH3 is 1. The summed E-state index contributed by atoms with van der Waals surface area (Å²) in [4.78, 5) is 0. The maximum absolute atomic E-state index is 12.0. The summed E-state index contributed by atoms with van der Waals surface area (Å²) in [7, 11) is 1.16. The highest BCUT2D eigenvalue weighted by Gasteiger charge is 2.42. The second-order valence-electron chi connectivity index (χ2n) is 1.87. The Morgan fingerprint density at radius 1 is 1.42 bits per heavy atom. The molecule has 1 rings (SSSR count). The van der Waals surface area contributed by atoms with Crippen LogP contribution in [0.1, 0.15) is 0 Å². The van der Waals surface area contributed by atoms with Gasteiger partial charge in [0.2, 0.25) is 0 Å². The van der Waals surface area contributed by atoms with E-state index in [4.69, 9.17) is 11.6 Å². The van der Waals surface area contributed by atoms with Gasteiger partial charge in [0.25, 0.3) is 5.88 Å². The van der Waals surface area contributed by atoms with E-state index in [9.17, 15) is 13.2 Å². The Labute approximate surface area is 70.8 Å². The van der Waals surface area contributed by atoms with Gasteiger partial charge in [-0.3, -0.25) is 0 Å². The lowest BCUT2D eigenvalue weighted by molar-refractivity contribution is -0.0579. The number of alkyl halides is 3. The molecule has 0 aliphatic carbocycles. The van der Waals surface area contributed by atoms with E-state index in [0.717, 1.165) is 7.11 Å². The van der Waals surface area contributed by atoms with E-state index in [1.807, 2.05) is 0 Å². The molecule has 0 saturated heterocycles. The molecule has 0 aromatic carbocycles. The topological polar surface area (TPSA) is 35.7 Å². The van der Waals surface area contributed by atoms with Gasteiger partial charge in [0.1, 0.15) is 5.03 Å². The summed E-state index contributed by atoms with van der Waals surface area (Å²) in [6.45, 7) is 0. The lowest BCUT2D eigenvalue weighted by Gasteiger charge is -2.03. The van der Waals surface area contributed by atoms with Gasteiger partial charge in [-0.1, -0.05) is 11.6 Å². The summed E-state index contributed by atoms with van der Waals surface area (Å²) in [6.07, 6.45) is -4.58. The number of rotatable bonds is 1. The predicted molar refractivity (Wildman–Crippen MR) is 35.5 cm³/mol. The molecular formula is C5H3ClF3N2O. The lowest BCUT2D eigenvalue weighted by Crippen LogP contribution is -2.21. The van der Waals surface area contributed by atoms with E-state index >= 15 is 0 Å². The molecule has 0 saturated carbocycles. The highest BCUT2D eigenvalue weighted by molar-refractivity contribution is 6.45. The number of hydrogen-bond donors (Lipinski definition) is 0. The van der Waals surface area contributed by atoms with Crippen LogP contribution in [0.4, 0.5) is 13.2 Å². The first-order valence-electron chi connectivity index (χ1n) is 2.77. The molecule has 0 unspecified atom stereocenters. The van der Waals surface area contributed by atoms with E-state index < -0.39 is 16.9 Å². The van der Waals surface area contributed by atoms with Crippen LogP contribution in [0.15, 0.2) is 16.0 Å². The van der Waals surface area contributed by atoms with Crippen LogP contribution in [0.25, 0.3) is 0 Å². The SMILES string of the molecule is COC1=C(Cl)C(C(F)(F)F)=N[N]1. The van der Waals surface area contributed by atoms with Gasteiger partial charge in [-0.2, -0.15) is 13.2 Å². The molecule has 67 valence electrons. The summed E-state index contributed by atoms with van der Waals surface area (Å²) in [6, 6.07) is 0. The van der Waals surface area contributed by atoms with Crippen LogP contribution in [-0.4, -0.2) is 19.0 Å². The van der Waals surface area contributed by atoms with E-state index in [0.29, 0.717) is 0 Å². The third kappa shape index (κ3) is 1.47. The Hall–Kier alpha value is -0.910. The number of hydrogen-bond acceptors (Lipinski definition) is 2. The monoisotopic (exact) mass is 199 g/mol. The maximum atomic E-state index is 12.0. The van der Waals surface area contributed by atoms with Crippen LogP contribution in [0.5, 0.6) is 0 Å². The molecule has 0 aromatic heterocycles. The molecule has 3 nitrogen and oxygen atoms in total. The minimum Gasteiger partial charge on any atom is -0.479 e. The first kappa shape index (κ1) is 9.18. The van der Waals surface area contributed by atoms with Crippen molar-refractivity contribution in [3.05, 3.63) is 10.9 Å². The zero-order valence-corrected chi connectivity index (χ0v) is 6.57. The summed E-state index contributed by atoms with van der Waals surface area (Å²) in [5.41, 5.74) is 1.86. The summed E-state index contributed by atoms with van der Waals surface area (Å²) >= 11 is 5.24. The summed E-state index contributed by atoms with van der Waals surface area (Å²) < 4.78 is 40.3. The molecule has 0 fully saturated rings. The maximum Gasteiger partial charge on any atom is 0.436 e. The van der Waals surface area contributed by atoms with Crippen molar-refractivity contribution >= 4 is 17.3 Å². The second-order valence-corrected chi connectivity index (χ2v) is 2.25. The summed E-state index contributed by atoms with van der Waals surface area (Å²) in [5, 5.41) is 2.22. The molecule has 1 heterocycles. The molecule has 1 aliphatic rings. The van der Waals surface area contributed by atoms with Crippen molar-refractivity contribution < 1.29 is 17.9 Å². The van der Waals surface area contributed by atoms with Crippen LogP contribution in [0.3, 0.4) is 0 Å². The second kappa shape index (κ2) is 2.85. The van der Waals surface area contributed by atoms with Crippen molar-refractivity contribution in [3.63, 3.8) is 0 Å². The van der Waals surface area contributed by atoms with Gasteiger partial charge in [-0.05, 0) is 0 Å². The molecule has 12 heavy (non-hydrogen) atoms. The fourth-order valence-corrected chi connectivity index (χ4v) is 0.856. The fraction of sp³-hybridized carbons (Fsp3) is 0.400. The minimum absolute atomic E-state index is 0.316. The van der Waals surface area contributed by atoms with Gasteiger partial charge in [-0.25, -0.2) is 0 Å². The van der Waals surface area contributed by atoms with Gasteiger partial charge < -0.3 is 4.74 Å². The van der Waals surface area contributed by atoms with Crippen LogP contribution in [-0.2, 0) is 4.74 Å². The standard InChI is InChI=1S/C5H3ClF3N2O/c1-12-4-2(6)3(10-11-4)5(7,8)9/h1H3. The first-order chi connectivity index (χ1) is 5.46. The quantitative estimate of drug-likeness (QED) is 0.632. The number of ether oxygens (including phenoxy) is 1. The molecule has 0 atom stereocenters. The molecule has 0 aromatic rings. The molecule has 0 bridgehead atoms. The smallest absolute Gasteiger partial charge is 0.436 e. The number of halogens is 4. The van der Waals surface area contributed by atoms with Gasteiger partial charge in [0.05, 0.1) is 7.11 Å². The largest absolute Gasteiger partial charge is 0.479 e. The van der Waals surface area contributed by atoms with E-state index in [2.05, 4.69) is 15.3 Å². The van der Waals surface area contributed by atoms with Crippen LogP contribution in [0.2, 0.25) is 0 Å². The average molecular weight is 200 g/mol. The molecule has 0 amide bonds. The zero-order valence-electron chi connectivity index (χ0n) is 5.81. The van der Waals surface area contributed by atoms with Crippen molar-refractivity contribution in [3.8, 4) is 0 Å². The highest BCUT2D eigenvalue weighted by Crippen LogP contribution is 2.29. The molecule has 1 aliphatic heterocycles. The molecular weight excluding hydrogens is 197 g/mol. The summed E-state index contributed by atoms with van der Waals surface area (Å²) in [5.74, 6) is -0.316. The Morgan fingerprint density at radius 2 is 2.00 bits per heavy atom. The normalized spacial score (nSPS) is 17.6. The van der Waals surface area contributed by atoms with E-state index in [1.165, 1.54) is 0 Å². The zero-order chi connectivity index (χ0) is 9.35. The third-order valence-corrected chi connectivity index (χ3v) is 1.44. The third-order valence-electron chi connectivity index (χ3n) is 1.10. The van der Waals surface area contributed by atoms with Crippen molar-refractivity contribution in [1.29, 1.82) is 0 Å². The van der Waals surface area contributed by atoms with Crippen molar-refractivity contribution in [2.75, 3.05) is 7.11 Å². The molecule has 0 N–H and O–H groups in total. The van der Waals surface area contributed by atoms with Crippen molar-refractivity contribution in [2.45, 2.75) is 6.18 Å². The fourth-order valence-electron chi connectivity index (χ4n) is 0.596. The van der Waals surface area contributed by atoms with Crippen LogP contribution in [0, 0.1) is 0 Å². The Balaban J connectivity index is 2.92. The Kier molecular flexibility index (Phi) is 2.18. The highest BCUT2D eigenvalue weighted by atomic mass is 35.5. The number of allylic oxidation sites excluding steroid dienone is 1. The Morgan fingerprint density at radius 3 is 2.25 bits per heavy atom. The van der Waals surface area contributed by atoms with Gasteiger partial charge in [-0.15, -0.1) is 10.5 Å². The number of nitrogens with zero attached hydrogens (tertiary/aromatic N) is 2. The minimum atomic E-state index is -4.58. The molecule has 7 heteroatoms. The molecule has 0 spiro atoms. The van der Waals surface area contributed by atoms with Crippen molar-refractivity contribution in [2.24, 2.45) is 5.10 Å². The van der Waals surface area contributed by atoms with Crippen molar-refractivity contribution in [1.82, 2.24) is 5.43 Å². The van der Waals surface area contributed by atoms with Gasteiger partial charge in [0, 0.05) is 0 Å². The average Bonchev–Trinajstić information content (AvgIpc) is 2.29.